The third-order valence-electron chi connectivity index (χ3n) is 13.0. The Kier molecular flexibility index (Phi) is 14.6. The largest absolute Gasteiger partial charge is 0.505 e. The van der Waals surface area contributed by atoms with Crippen molar-refractivity contribution in [3.63, 3.8) is 0 Å². The molecule has 1 saturated carbocycles. The molecule has 26 heteroatoms. The van der Waals surface area contributed by atoms with E-state index in [0.717, 1.165) is 66.8 Å². The van der Waals surface area contributed by atoms with Crippen molar-refractivity contribution >= 4 is 108 Å². The van der Waals surface area contributed by atoms with Crippen LogP contribution in [0.3, 0.4) is 0 Å². The number of benzene rings is 8. The lowest BCUT2D eigenvalue weighted by atomic mass is 9.65. The molecule has 400 valence electrons. The fourth-order valence-electron chi connectivity index (χ4n) is 9.38. The minimum atomic E-state index is -5.20. The maximum atomic E-state index is 13.2. The van der Waals surface area contributed by atoms with Gasteiger partial charge < -0.3 is 20.8 Å². The van der Waals surface area contributed by atoms with Crippen LogP contribution in [-0.4, -0.2) is 73.9 Å². The first-order valence-corrected chi connectivity index (χ1v) is 28.9. The predicted molar refractivity (Wildman–Crippen MR) is 284 cm³/mol. The number of aromatic hydroxyl groups is 2. The third kappa shape index (κ3) is 11.2. The highest BCUT2D eigenvalue weighted by Gasteiger charge is 2.36. The quantitative estimate of drug-likeness (QED) is 0.0370. The molecule has 8 aromatic carbocycles. The second-order valence-electron chi connectivity index (χ2n) is 18.0. The van der Waals surface area contributed by atoms with Gasteiger partial charge >= 0.3 is 0 Å². The van der Waals surface area contributed by atoms with Crippen molar-refractivity contribution in [2.75, 3.05) is 10.6 Å². The van der Waals surface area contributed by atoms with E-state index in [1.54, 1.807) is 84.9 Å². The molecule has 0 atom stereocenters. The Bertz CT molecular complexity index is 4000. The lowest BCUT2D eigenvalue weighted by molar-refractivity contribution is 0.101. The van der Waals surface area contributed by atoms with E-state index < -0.39 is 100 Å². The van der Waals surface area contributed by atoms with Gasteiger partial charge in [0.25, 0.3) is 52.3 Å². The summed E-state index contributed by atoms with van der Waals surface area (Å²) in [5, 5.41) is 43.3. The van der Waals surface area contributed by atoms with Crippen molar-refractivity contribution in [2.45, 2.75) is 57.1 Å². The van der Waals surface area contributed by atoms with Gasteiger partial charge in [0.2, 0.25) is 0 Å². The molecule has 8 aromatic rings. The van der Waals surface area contributed by atoms with Crippen molar-refractivity contribution in [1.82, 2.24) is 0 Å². The Balaban J connectivity index is 1.04. The summed E-state index contributed by atoms with van der Waals surface area (Å²) in [5.74, 6) is -3.35. The molecule has 0 aliphatic heterocycles. The smallest absolute Gasteiger partial charge is 0.296 e. The first kappa shape index (κ1) is 54.4. The fraction of sp³-hybridized carbons (Fsp3) is 0.115. The summed E-state index contributed by atoms with van der Waals surface area (Å²) in [6.45, 7) is 0. The highest BCUT2D eigenvalue weighted by atomic mass is 32.2. The Hall–Kier alpha value is -8.34. The number of nitrogens with zero attached hydrogens (tertiary/aromatic N) is 4. The standard InChI is InChI=1S/C52H42N6O16S4/c59-48-44-32(24-38(75(63,64)65)28-40(44)53-50(61)30-10-4-1-5-11-30)26-42(77(69,70)71)46(48)57-55-36-18-14-34(15-19-36)52(22-8-3-9-23-52)35-16-20-37(21-17-35)56-58-47-43(78(72,73)74)27-33-25-39(76(66,67)68)29-41(45(33)49(47)60)54-51(62)31-12-6-2-7-13-31/h1-2,4-7,10-21,24-29,59-60H,3,8-9,22-23H2,(H,53,61)(H,54,62)(H,63,64,65)(H,66,67,68)(H,69,70,71)(H,72,73,74). The number of anilines is 2. The first-order valence-electron chi connectivity index (χ1n) is 23.2. The lowest BCUT2D eigenvalue weighted by Crippen LogP contribution is -2.30. The summed E-state index contributed by atoms with van der Waals surface area (Å²) in [4.78, 5) is 22.9. The minimum absolute atomic E-state index is 0.128. The van der Waals surface area contributed by atoms with E-state index in [0.29, 0.717) is 12.8 Å². The molecule has 0 saturated heterocycles. The number of phenolic OH excluding ortho intramolecular Hbond substituents is 2. The predicted octanol–water partition coefficient (Wildman–Crippen LogP) is 11.0. The number of azo groups is 2. The molecule has 2 amide bonds. The van der Waals surface area contributed by atoms with Crippen LogP contribution in [-0.2, 0) is 45.9 Å². The van der Waals surface area contributed by atoms with Gasteiger partial charge in [0.15, 0.2) is 11.5 Å². The number of carbonyl (C=O) groups excluding carboxylic acids is 2. The number of hydrogen-bond acceptors (Lipinski definition) is 16. The molecule has 1 aliphatic rings. The number of rotatable bonds is 14. The van der Waals surface area contributed by atoms with E-state index in [1.807, 2.05) is 0 Å². The van der Waals surface area contributed by atoms with E-state index >= 15 is 0 Å². The summed E-state index contributed by atoms with van der Waals surface area (Å²) < 4.78 is 140. The van der Waals surface area contributed by atoms with Crippen LogP contribution in [0.2, 0.25) is 0 Å². The maximum Gasteiger partial charge on any atom is 0.296 e. The Morgan fingerprint density at radius 2 is 0.795 bits per heavy atom. The molecule has 0 bridgehead atoms. The first-order chi connectivity index (χ1) is 36.8. The van der Waals surface area contributed by atoms with E-state index in [-0.39, 0.29) is 55.4 Å². The van der Waals surface area contributed by atoms with Crippen molar-refractivity contribution in [3.8, 4) is 11.5 Å². The van der Waals surface area contributed by atoms with Crippen LogP contribution in [0.5, 0.6) is 11.5 Å². The van der Waals surface area contributed by atoms with Gasteiger partial charge in [0.05, 0.1) is 32.5 Å². The van der Waals surface area contributed by atoms with Gasteiger partial charge in [-0.15, -0.1) is 10.2 Å². The van der Waals surface area contributed by atoms with Gasteiger partial charge in [-0.1, -0.05) is 79.9 Å². The molecule has 0 aromatic heterocycles. The normalized spacial score (nSPS) is 14.3. The van der Waals surface area contributed by atoms with Gasteiger partial charge in [-0.25, -0.2) is 0 Å². The number of nitrogens with one attached hydrogen (secondary N) is 2. The Morgan fingerprint density at radius 1 is 0.436 bits per heavy atom. The molecule has 1 aliphatic carbocycles. The molecular formula is C52H42N6O16S4. The zero-order valence-electron chi connectivity index (χ0n) is 40.1. The SMILES string of the molecule is O=C(Nc1cc(S(=O)(=O)O)cc2cc(S(=O)(=O)O)c(N=Nc3ccc(C4(c5ccc(N=Nc6c(S(=O)(=O)O)cc7cc(S(=O)(=O)O)cc(NC(=O)c8ccccc8)c7c6O)cc5)CCCCC4)cc3)c(O)c12)c1ccccc1. The molecule has 22 nitrogen and oxygen atoms in total. The highest BCUT2D eigenvalue weighted by molar-refractivity contribution is 7.86. The van der Waals surface area contributed by atoms with Crippen LogP contribution in [0, 0.1) is 0 Å². The second-order valence-corrected chi connectivity index (χ2v) is 23.6. The number of carbonyl (C=O) groups is 2. The molecule has 0 radical (unpaired) electrons. The van der Waals surface area contributed by atoms with Crippen LogP contribution >= 0.6 is 0 Å². The molecular weight excluding hydrogens is 1090 g/mol. The monoisotopic (exact) mass is 1130 g/mol. The van der Waals surface area contributed by atoms with Crippen molar-refractivity contribution in [2.24, 2.45) is 20.5 Å². The Labute approximate surface area is 444 Å². The highest BCUT2D eigenvalue weighted by Crippen LogP contribution is 2.49. The van der Waals surface area contributed by atoms with Crippen molar-refractivity contribution in [3.05, 3.63) is 168 Å². The molecule has 9 rings (SSSR count). The lowest BCUT2D eigenvalue weighted by Gasteiger charge is -2.38. The molecule has 0 spiro atoms. The van der Waals surface area contributed by atoms with Gasteiger partial charge in [0.1, 0.15) is 21.2 Å². The zero-order chi connectivity index (χ0) is 56.0. The summed E-state index contributed by atoms with van der Waals surface area (Å²) in [6, 6.07) is 33.8. The number of fused-ring (bicyclic) bond motifs is 2. The topological polar surface area (TPSA) is 366 Å². The average molecular weight is 1140 g/mol. The van der Waals surface area contributed by atoms with E-state index in [1.165, 1.54) is 24.3 Å². The number of hydrogen-bond donors (Lipinski definition) is 8. The van der Waals surface area contributed by atoms with Crippen LogP contribution in [0.15, 0.2) is 186 Å². The van der Waals surface area contributed by atoms with Crippen LogP contribution in [0.1, 0.15) is 63.9 Å². The van der Waals surface area contributed by atoms with Crippen LogP contribution in [0.25, 0.3) is 21.5 Å². The molecule has 0 unspecified atom stereocenters. The van der Waals surface area contributed by atoms with Gasteiger partial charge in [-0.05, 0) is 120 Å². The summed E-state index contributed by atoms with van der Waals surface area (Å²) in [5.41, 5.74) is -0.590. The summed E-state index contributed by atoms with van der Waals surface area (Å²) >= 11 is 0. The Morgan fingerprint density at radius 3 is 1.13 bits per heavy atom. The van der Waals surface area contributed by atoms with E-state index in [9.17, 15) is 71.7 Å². The minimum Gasteiger partial charge on any atom is -0.505 e. The van der Waals surface area contributed by atoms with Crippen molar-refractivity contribution in [1.29, 1.82) is 0 Å². The molecule has 0 heterocycles. The molecule has 78 heavy (non-hydrogen) atoms. The van der Waals surface area contributed by atoms with Gasteiger partial charge in [-0.2, -0.15) is 43.9 Å². The second kappa shape index (κ2) is 20.9. The van der Waals surface area contributed by atoms with Crippen LogP contribution < -0.4 is 10.6 Å². The van der Waals surface area contributed by atoms with Crippen LogP contribution in [0.4, 0.5) is 34.1 Å². The van der Waals surface area contributed by atoms with Gasteiger partial charge in [0, 0.05) is 27.3 Å². The zero-order valence-corrected chi connectivity index (χ0v) is 43.3. The average Bonchev–Trinajstić information content (AvgIpc) is 3.58. The number of amides is 2. The maximum absolute atomic E-state index is 13.2. The molecule has 1 fully saturated rings. The fourth-order valence-corrected chi connectivity index (χ4v) is 11.8. The van der Waals surface area contributed by atoms with E-state index in [4.69, 9.17) is 0 Å². The molecule has 8 N–H and O–H groups in total. The van der Waals surface area contributed by atoms with Crippen molar-refractivity contribution < 1.29 is 71.7 Å². The summed E-state index contributed by atoms with van der Waals surface area (Å²) in [7, 11) is -20.3. The summed E-state index contributed by atoms with van der Waals surface area (Å²) in [6.07, 6.45) is 3.99. The van der Waals surface area contributed by atoms with E-state index in [2.05, 4.69) is 31.1 Å². The third-order valence-corrected chi connectivity index (χ3v) is 16.4. The number of phenols is 2. The van der Waals surface area contributed by atoms with Gasteiger partial charge in [-0.3, -0.25) is 27.8 Å².